The second-order valence-corrected chi connectivity index (χ2v) is 9.86. The maximum Gasteiger partial charge on any atom is 0.273 e. The highest BCUT2D eigenvalue weighted by Gasteiger charge is 2.35. The van der Waals surface area contributed by atoms with Crippen LogP contribution in [0.2, 0.25) is 0 Å². The van der Waals surface area contributed by atoms with E-state index in [1.54, 1.807) is 10.4 Å². The van der Waals surface area contributed by atoms with Crippen LogP contribution in [-0.4, -0.2) is 43.1 Å². The van der Waals surface area contributed by atoms with Crippen molar-refractivity contribution in [3.63, 3.8) is 0 Å². The van der Waals surface area contributed by atoms with E-state index in [9.17, 15) is 13.9 Å². The Kier molecular flexibility index (Phi) is 5.46. The first-order valence-electron chi connectivity index (χ1n) is 9.76. The highest BCUT2D eigenvalue weighted by atomic mass is 32.3. The zero-order valence-electron chi connectivity index (χ0n) is 16.0. The number of nitrogens with one attached hydrogen (secondary N) is 1. The zero-order valence-corrected chi connectivity index (χ0v) is 16.8. The molecule has 1 aliphatic carbocycles. The number of hydrogen-bond acceptors (Lipinski definition) is 6. The number of piperidine rings is 1. The number of carbonyl (C=O) groups excluding carboxylic acids is 1. The van der Waals surface area contributed by atoms with Crippen LogP contribution < -0.4 is 5.32 Å². The number of hydrogen-bond donors (Lipinski definition) is 3. The summed E-state index contributed by atoms with van der Waals surface area (Å²) in [6.45, 7) is 2.49. The third-order valence-corrected chi connectivity index (χ3v) is 7.48. The van der Waals surface area contributed by atoms with E-state index >= 15 is 0 Å². The lowest BCUT2D eigenvalue weighted by atomic mass is 10.0. The molecule has 2 aliphatic rings. The van der Waals surface area contributed by atoms with Crippen molar-refractivity contribution in [2.24, 2.45) is 0 Å². The van der Waals surface area contributed by atoms with Crippen molar-refractivity contribution < 1.29 is 18.4 Å². The van der Waals surface area contributed by atoms with Crippen LogP contribution in [0, 0.1) is 0 Å². The molecule has 152 valence electrons. The van der Waals surface area contributed by atoms with Gasteiger partial charge >= 0.3 is 0 Å². The van der Waals surface area contributed by atoms with Gasteiger partial charge in [-0.05, 0) is 38.2 Å². The average Bonchev–Trinajstić information content (AvgIpc) is 3.38. The minimum absolute atomic E-state index is 0.0215. The number of carbonyl (C=O) groups is 1. The van der Waals surface area contributed by atoms with E-state index in [2.05, 4.69) is 10.5 Å². The van der Waals surface area contributed by atoms with Crippen molar-refractivity contribution in [3.05, 3.63) is 53.4 Å². The number of nitrogens with zero attached hydrogens (tertiary/aromatic N) is 2. The Labute approximate surface area is 166 Å². The van der Waals surface area contributed by atoms with Crippen LogP contribution in [-0.2, 0) is 5.75 Å². The second-order valence-electron chi connectivity index (χ2n) is 7.84. The average molecular weight is 406 g/mol. The van der Waals surface area contributed by atoms with Gasteiger partial charge in [-0.25, -0.2) is 4.31 Å². The second kappa shape index (κ2) is 7.87. The molecule has 0 radical (unpaired) electrons. The molecule has 3 N–H and O–H groups in total. The Morgan fingerprint density at radius 3 is 2.71 bits per heavy atom. The Morgan fingerprint density at radius 2 is 2.04 bits per heavy atom. The van der Waals surface area contributed by atoms with Crippen LogP contribution in [0.1, 0.15) is 60.3 Å². The summed E-state index contributed by atoms with van der Waals surface area (Å²) in [5, 5.41) is 6.91. The van der Waals surface area contributed by atoms with Gasteiger partial charge in [0.05, 0.1) is 5.75 Å². The van der Waals surface area contributed by atoms with Crippen LogP contribution >= 0.6 is 10.8 Å². The van der Waals surface area contributed by atoms with E-state index in [0.29, 0.717) is 31.0 Å². The van der Waals surface area contributed by atoms with Gasteiger partial charge in [0, 0.05) is 30.6 Å². The van der Waals surface area contributed by atoms with Crippen molar-refractivity contribution in [1.82, 2.24) is 14.8 Å². The molecule has 1 saturated heterocycles. The largest absolute Gasteiger partial charge is 0.360 e. The Hall–Kier alpha value is -1.87. The van der Waals surface area contributed by atoms with Gasteiger partial charge < -0.3 is 9.84 Å². The molecule has 1 aromatic heterocycles. The maximum atomic E-state index is 12.5. The van der Waals surface area contributed by atoms with Gasteiger partial charge in [-0.1, -0.05) is 35.5 Å². The van der Waals surface area contributed by atoms with Gasteiger partial charge in [0.25, 0.3) is 5.91 Å². The molecule has 2 fully saturated rings. The molecule has 2 aromatic rings. The van der Waals surface area contributed by atoms with Crippen LogP contribution in [0.5, 0.6) is 0 Å². The Bertz CT molecular complexity index is 822. The standard InChI is InChI=1S/C20H27N3O4S/c1-14-11-17(21-20(24)18-12-19(27-22-18)16-7-8-16)9-10-23(14)28(25,26)13-15-5-3-2-4-6-15/h2-6,12,14,16-17,25-26H,7-11,13H2,1H3,(H,21,24)/t14-,17+/m1/s1. The molecule has 8 heteroatoms. The van der Waals surface area contributed by atoms with Gasteiger partial charge in [-0.3, -0.25) is 13.9 Å². The van der Waals surface area contributed by atoms with E-state index < -0.39 is 10.8 Å². The van der Waals surface area contributed by atoms with Crippen molar-refractivity contribution >= 4 is 16.7 Å². The molecule has 7 nitrogen and oxygen atoms in total. The highest BCUT2D eigenvalue weighted by molar-refractivity contribution is 8.21. The summed E-state index contributed by atoms with van der Waals surface area (Å²) < 4.78 is 28.5. The van der Waals surface area contributed by atoms with E-state index in [1.165, 1.54) is 0 Å². The van der Waals surface area contributed by atoms with E-state index in [1.807, 2.05) is 37.3 Å². The van der Waals surface area contributed by atoms with E-state index in [-0.39, 0.29) is 23.7 Å². The molecule has 1 saturated carbocycles. The van der Waals surface area contributed by atoms with Gasteiger partial charge in [-0.2, -0.15) is 0 Å². The lowest BCUT2D eigenvalue weighted by Crippen LogP contribution is -2.49. The Balaban J connectivity index is 1.33. The fourth-order valence-corrected chi connectivity index (χ4v) is 5.68. The van der Waals surface area contributed by atoms with Crippen molar-refractivity contribution in [2.75, 3.05) is 6.54 Å². The lowest BCUT2D eigenvalue weighted by molar-refractivity contribution is 0.0903. The minimum atomic E-state index is -2.90. The number of benzene rings is 1. The summed E-state index contributed by atoms with van der Waals surface area (Å²) in [5.74, 6) is 1.21. The van der Waals surface area contributed by atoms with E-state index in [0.717, 1.165) is 24.2 Å². The molecular weight excluding hydrogens is 378 g/mol. The number of aromatic nitrogens is 1. The van der Waals surface area contributed by atoms with Crippen molar-refractivity contribution in [2.45, 2.75) is 56.4 Å². The molecule has 28 heavy (non-hydrogen) atoms. The van der Waals surface area contributed by atoms with Gasteiger partial charge in [0.15, 0.2) is 5.69 Å². The van der Waals surface area contributed by atoms with E-state index in [4.69, 9.17) is 4.52 Å². The topological polar surface area (TPSA) is 98.8 Å². The third-order valence-electron chi connectivity index (χ3n) is 5.47. The van der Waals surface area contributed by atoms with Gasteiger partial charge in [0.2, 0.25) is 0 Å². The summed E-state index contributed by atoms with van der Waals surface area (Å²) >= 11 is 0. The smallest absolute Gasteiger partial charge is 0.273 e. The van der Waals surface area contributed by atoms with Crippen LogP contribution in [0.3, 0.4) is 0 Å². The minimum Gasteiger partial charge on any atom is -0.360 e. The molecule has 0 unspecified atom stereocenters. The van der Waals surface area contributed by atoms with Gasteiger partial charge in [-0.15, -0.1) is 10.8 Å². The zero-order chi connectivity index (χ0) is 19.7. The summed E-state index contributed by atoms with van der Waals surface area (Å²) in [6, 6.07) is 11.2. The van der Waals surface area contributed by atoms with Crippen LogP contribution in [0.15, 0.2) is 40.9 Å². The van der Waals surface area contributed by atoms with Gasteiger partial charge in [0.1, 0.15) is 5.76 Å². The highest BCUT2D eigenvalue weighted by Crippen LogP contribution is 2.49. The first-order chi connectivity index (χ1) is 13.4. The molecular formula is C20H27N3O4S. The summed E-state index contributed by atoms with van der Waals surface area (Å²) in [7, 11) is -2.90. The quantitative estimate of drug-likeness (QED) is 0.672. The molecule has 2 heterocycles. The summed E-state index contributed by atoms with van der Waals surface area (Å²) in [6.07, 6.45) is 3.51. The SMILES string of the molecule is C[C@@H]1C[C@@H](NC(=O)c2cc(C3CC3)on2)CCN1S(O)(O)Cc1ccccc1. The molecule has 1 aromatic carbocycles. The Morgan fingerprint density at radius 1 is 1.29 bits per heavy atom. The van der Waals surface area contributed by atoms with Crippen molar-refractivity contribution in [3.8, 4) is 0 Å². The third kappa shape index (κ3) is 4.41. The predicted octanol–water partition coefficient (Wildman–Crippen LogP) is 4.00. The number of rotatable bonds is 6. The maximum absolute atomic E-state index is 12.5. The lowest BCUT2D eigenvalue weighted by Gasteiger charge is -2.49. The molecule has 4 rings (SSSR count). The fourth-order valence-electron chi connectivity index (χ4n) is 3.81. The fraction of sp³-hybridized carbons (Fsp3) is 0.500. The monoisotopic (exact) mass is 405 g/mol. The van der Waals surface area contributed by atoms with Crippen LogP contribution in [0.4, 0.5) is 0 Å². The van der Waals surface area contributed by atoms with Crippen molar-refractivity contribution in [1.29, 1.82) is 0 Å². The first kappa shape index (κ1) is 19.4. The number of amides is 1. The predicted molar refractivity (Wildman–Crippen MR) is 108 cm³/mol. The molecule has 1 amide bonds. The summed E-state index contributed by atoms with van der Waals surface area (Å²) in [4.78, 5) is 12.5. The summed E-state index contributed by atoms with van der Waals surface area (Å²) in [5.41, 5.74) is 1.23. The normalized spacial score (nSPS) is 24.1. The van der Waals surface area contributed by atoms with Crippen LogP contribution in [0.25, 0.3) is 0 Å². The molecule has 0 spiro atoms. The molecule has 2 atom stereocenters. The molecule has 1 aliphatic heterocycles. The molecule has 0 bridgehead atoms. The first-order valence-corrected chi connectivity index (χ1v) is 11.4.